The van der Waals surface area contributed by atoms with E-state index in [-0.39, 0.29) is 73.9 Å². The van der Waals surface area contributed by atoms with Gasteiger partial charge in [0, 0.05) is 31.2 Å². The highest BCUT2D eigenvalue weighted by atomic mass is 16.5. The Hall–Kier alpha value is -6.91. The van der Waals surface area contributed by atoms with E-state index in [2.05, 4.69) is 5.32 Å². The first kappa shape index (κ1) is 52.5. The number of carbonyl (C=O) groups excluding carboxylic acids is 9. The van der Waals surface area contributed by atoms with Gasteiger partial charge in [0.25, 0.3) is 17.7 Å². The summed E-state index contributed by atoms with van der Waals surface area (Å²) in [6.07, 6.45) is 5.26. The average Bonchev–Trinajstić information content (AvgIpc) is 3.62. The van der Waals surface area contributed by atoms with Crippen molar-refractivity contribution in [1.29, 1.82) is 0 Å². The lowest BCUT2D eigenvalue weighted by molar-refractivity contribution is -0.164. The molecule has 2 fully saturated rings. The molecule has 0 bridgehead atoms. The predicted octanol–water partition coefficient (Wildman–Crippen LogP) is 6.65. The molecule has 0 radical (unpaired) electrons. The zero-order valence-corrected chi connectivity index (χ0v) is 40.6. The van der Waals surface area contributed by atoms with Crippen LogP contribution in [0.1, 0.15) is 142 Å². The largest absolute Gasteiger partial charge is 0.493 e. The molecule has 0 saturated carbocycles. The first-order chi connectivity index (χ1) is 33.6. The van der Waals surface area contributed by atoms with Crippen LogP contribution in [0.5, 0.6) is 23.0 Å². The molecular formula is C53H63N3O14. The van der Waals surface area contributed by atoms with Crippen molar-refractivity contribution in [3.05, 3.63) is 82.9 Å². The fourth-order valence-corrected chi connectivity index (χ4v) is 8.72. The lowest BCUT2D eigenvalue weighted by atomic mass is 9.84. The second-order valence-electron chi connectivity index (χ2n) is 18.5. The molecule has 3 aromatic carbocycles. The van der Waals surface area contributed by atoms with Crippen LogP contribution in [0.4, 0.5) is 0 Å². The van der Waals surface area contributed by atoms with Gasteiger partial charge in [0.1, 0.15) is 42.9 Å². The van der Waals surface area contributed by atoms with Crippen LogP contribution in [0.3, 0.4) is 0 Å². The van der Waals surface area contributed by atoms with E-state index < -0.39 is 64.9 Å². The van der Waals surface area contributed by atoms with Gasteiger partial charge in [0.05, 0.1) is 25.3 Å². The summed E-state index contributed by atoms with van der Waals surface area (Å²) in [6, 6.07) is 15.0. The van der Waals surface area contributed by atoms with Crippen LogP contribution in [0.15, 0.2) is 60.7 Å². The lowest BCUT2D eigenvalue weighted by Crippen LogP contribution is -2.54. The fourth-order valence-electron chi connectivity index (χ4n) is 8.72. The third-order valence-electron chi connectivity index (χ3n) is 13.2. The number of likely N-dealkylation sites (tertiary alicyclic amines) is 1. The summed E-state index contributed by atoms with van der Waals surface area (Å²) in [4.78, 5) is 119. The first-order valence-corrected chi connectivity index (χ1v) is 24.1. The lowest BCUT2D eigenvalue weighted by Gasteiger charge is -2.36. The van der Waals surface area contributed by atoms with Crippen molar-refractivity contribution in [3.8, 4) is 23.0 Å². The fraction of sp³-hybridized carbons (Fsp3) is 0.491. The summed E-state index contributed by atoms with van der Waals surface area (Å²) >= 11 is 0. The Balaban J connectivity index is 0.980. The molecule has 3 aliphatic heterocycles. The maximum atomic E-state index is 14.0. The first-order valence-electron chi connectivity index (χ1n) is 24.1. The second kappa shape index (κ2) is 24.1. The monoisotopic (exact) mass is 965 g/mol. The van der Waals surface area contributed by atoms with Crippen LogP contribution >= 0.6 is 0 Å². The molecule has 0 aromatic heterocycles. The molecule has 3 atom stereocenters. The van der Waals surface area contributed by atoms with Gasteiger partial charge in [-0.05, 0) is 105 Å². The molecule has 5 amide bonds. The number of amides is 5. The van der Waals surface area contributed by atoms with Gasteiger partial charge in [-0.3, -0.25) is 48.6 Å². The third kappa shape index (κ3) is 12.8. The maximum Gasteiger partial charge on any atom is 0.329 e. The van der Waals surface area contributed by atoms with Crippen molar-refractivity contribution < 1.29 is 66.8 Å². The highest BCUT2D eigenvalue weighted by Gasteiger charge is 2.46. The molecule has 17 nitrogen and oxygen atoms in total. The number of hydrogen-bond donors (Lipinski definition) is 1. The Kier molecular flexibility index (Phi) is 18.0. The van der Waals surface area contributed by atoms with Crippen LogP contribution in [0, 0.1) is 5.41 Å². The van der Waals surface area contributed by atoms with Crippen molar-refractivity contribution >= 4 is 52.9 Å². The number of Topliss-reactive ketones (excluding diaryl/α,β-unsaturated/α-hetero) is 3. The number of fused-ring (bicyclic) bond motifs is 1. The highest BCUT2D eigenvalue weighted by molar-refractivity contribution is 6.38. The minimum absolute atomic E-state index is 0.00554. The number of methoxy groups -OCH3 is 2. The van der Waals surface area contributed by atoms with Crippen molar-refractivity contribution in [2.45, 2.75) is 129 Å². The van der Waals surface area contributed by atoms with Crippen molar-refractivity contribution in [1.82, 2.24) is 15.1 Å². The Bertz CT molecular complexity index is 2480. The van der Waals surface area contributed by atoms with Gasteiger partial charge in [-0.2, -0.15) is 0 Å². The van der Waals surface area contributed by atoms with Gasteiger partial charge >= 0.3 is 5.97 Å². The highest BCUT2D eigenvalue weighted by Crippen LogP contribution is 2.35. The number of aryl methyl sites for hydroxylation is 1. The molecule has 3 heterocycles. The van der Waals surface area contributed by atoms with Crippen LogP contribution in [0.2, 0.25) is 0 Å². The van der Waals surface area contributed by atoms with Gasteiger partial charge in [0.2, 0.25) is 17.6 Å². The molecular weight excluding hydrogens is 903 g/mol. The Labute approximate surface area is 407 Å². The molecule has 70 heavy (non-hydrogen) atoms. The van der Waals surface area contributed by atoms with Crippen LogP contribution in [-0.4, -0.2) is 109 Å². The number of rotatable bonds is 25. The molecule has 6 rings (SSSR count). The molecule has 0 spiro atoms. The number of ether oxygens (including phenoxy) is 5. The second-order valence-corrected chi connectivity index (χ2v) is 18.5. The number of hydrogen-bond acceptors (Lipinski definition) is 14. The molecule has 0 aliphatic carbocycles. The van der Waals surface area contributed by atoms with Crippen LogP contribution in [-0.2, 0) is 44.7 Å². The summed E-state index contributed by atoms with van der Waals surface area (Å²) in [5.74, 6) is -3.13. The third-order valence-corrected chi connectivity index (χ3v) is 13.2. The van der Waals surface area contributed by atoms with E-state index in [1.54, 1.807) is 52.3 Å². The number of unbranched alkanes of at least 4 members (excludes halogenated alkanes) is 3. The summed E-state index contributed by atoms with van der Waals surface area (Å²) < 4.78 is 28.8. The smallest absolute Gasteiger partial charge is 0.329 e. The molecule has 3 aliphatic rings. The van der Waals surface area contributed by atoms with E-state index in [1.807, 2.05) is 25.1 Å². The minimum atomic E-state index is -1.12. The number of carbonyl (C=O) groups is 9. The number of ketones is 3. The van der Waals surface area contributed by atoms with E-state index >= 15 is 0 Å². The molecule has 374 valence electrons. The van der Waals surface area contributed by atoms with Crippen molar-refractivity contribution in [3.63, 3.8) is 0 Å². The van der Waals surface area contributed by atoms with Gasteiger partial charge in [0.15, 0.2) is 23.1 Å². The summed E-state index contributed by atoms with van der Waals surface area (Å²) in [5, 5.41) is 2.16. The Morgan fingerprint density at radius 3 is 2.16 bits per heavy atom. The van der Waals surface area contributed by atoms with Gasteiger partial charge in [-0.15, -0.1) is 0 Å². The Morgan fingerprint density at radius 1 is 0.771 bits per heavy atom. The molecule has 3 aromatic rings. The number of esters is 1. The standard InChI is InChI=1S/C53H63N3O14/c1-6-53(2,3)47(60)51(64)55-28-12-11-20-40(55)52(65)70-41(25-22-33-23-26-42(66-4)44(29-33)67-5)34-15-13-18-37(30-34)68-31-35(57)16-9-7-8-10-17-36(58)32-69-43-21-14-19-38-46(43)50(63)56(49(38)62)39-24-27-45(59)54-48(39)61/h13-15,18-19,21,23,26,29-30,39-41H,6-12,16-17,20,22,24-25,27-28,31-32H2,1-5H3,(H,54,59,61)/t39?,40-,41+/m0/s1. The number of benzene rings is 3. The van der Waals surface area contributed by atoms with Gasteiger partial charge < -0.3 is 28.6 Å². The molecule has 17 heteroatoms. The minimum Gasteiger partial charge on any atom is -0.493 e. The van der Waals surface area contributed by atoms with E-state index in [0.29, 0.717) is 87.0 Å². The SMILES string of the molecule is CCC(C)(C)C(=O)C(=O)N1CCCC[C@H]1C(=O)O[C@H](CCc1ccc(OC)c(OC)c1)c1cccc(OCC(=O)CCCCCCC(=O)COc2cccc3c2C(=O)N(C2CCC(=O)NC2=O)C3=O)c1. The number of imide groups is 2. The zero-order valence-electron chi connectivity index (χ0n) is 40.6. The Morgan fingerprint density at radius 2 is 1.47 bits per heavy atom. The summed E-state index contributed by atoms with van der Waals surface area (Å²) in [5.41, 5.74) is 0.698. The van der Waals surface area contributed by atoms with Gasteiger partial charge in [-0.1, -0.05) is 57.9 Å². The van der Waals surface area contributed by atoms with Crippen molar-refractivity contribution in [2.24, 2.45) is 5.41 Å². The topological polar surface area (TPSA) is 218 Å². The van der Waals surface area contributed by atoms with Crippen LogP contribution in [0.25, 0.3) is 0 Å². The normalized spacial score (nSPS) is 17.3. The van der Waals surface area contributed by atoms with Crippen LogP contribution < -0.4 is 24.3 Å². The number of piperidine rings is 2. The van der Waals surface area contributed by atoms with E-state index in [9.17, 15) is 43.2 Å². The summed E-state index contributed by atoms with van der Waals surface area (Å²) in [7, 11) is 3.11. The quantitative estimate of drug-likeness (QED) is 0.0407. The van der Waals surface area contributed by atoms with Gasteiger partial charge in [-0.25, -0.2) is 4.79 Å². The molecule has 1 N–H and O–H groups in total. The number of nitrogens with one attached hydrogen (secondary N) is 1. The predicted molar refractivity (Wildman–Crippen MR) is 253 cm³/mol. The van der Waals surface area contributed by atoms with E-state index in [1.165, 1.54) is 23.1 Å². The maximum absolute atomic E-state index is 14.0. The molecule has 2 saturated heterocycles. The summed E-state index contributed by atoms with van der Waals surface area (Å²) in [6.45, 7) is 5.07. The zero-order chi connectivity index (χ0) is 50.5. The van der Waals surface area contributed by atoms with Crippen molar-refractivity contribution in [2.75, 3.05) is 34.0 Å². The van der Waals surface area contributed by atoms with E-state index in [0.717, 1.165) is 10.5 Å². The molecule has 1 unspecified atom stereocenters. The van der Waals surface area contributed by atoms with E-state index in [4.69, 9.17) is 23.7 Å². The number of nitrogens with zero attached hydrogens (tertiary/aromatic N) is 2. The average molecular weight is 966 g/mol.